The Balaban J connectivity index is 2.39. The summed E-state index contributed by atoms with van der Waals surface area (Å²) in [6.45, 7) is 4.76. The second-order valence-electron chi connectivity index (χ2n) is 4.02. The minimum absolute atomic E-state index is 0.332. The summed E-state index contributed by atoms with van der Waals surface area (Å²) in [5.41, 5.74) is 5.77. The van der Waals surface area contributed by atoms with E-state index in [4.69, 9.17) is 15.0 Å². The Kier molecular flexibility index (Phi) is 5.79. The Hall–Kier alpha value is -0.590. The van der Waals surface area contributed by atoms with Crippen molar-refractivity contribution in [2.75, 3.05) is 19.5 Å². The Morgan fingerprint density at radius 1 is 1.50 bits per heavy atom. The van der Waals surface area contributed by atoms with Crippen LogP contribution in [-0.2, 0) is 10.5 Å². The van der Waals surface area contributed by atoms with Crippen LogP contribution in [0.2, 0.25) is 0 Å². The van der Waals surface area contributed by atoms with Gasteiger partial charge >= 0.3 is 0 Å². The molecule has 1 unspecified atom stereocenters. The van der Waals surface area contributed by atoms with Crippen molar-refractivity contribution in [1.29, 1.82) is 0 Å². The van der Waals surface area contributed by atoms with Crippen LogP contribution in [0.4, 0.5) is 0 Å². The monoisotopic (exact) mass is 245 g/mol. The van der Waals surface area contributed by atoms with E-state index in [-0.39, 0.29) is 6.04 Å². The third-order valence-electron chi connectivity index (χ3n) is 1.83. The number of hydrogen-bond acceptors (Lipinski definition) is 6. The first-order valence-corrected chi connectivity index (χ1v) is 6.43. The highest BCUT2D eigenvalue weighted by Gasteiger charge is 2.14. The molecule has 1 rings (SSSR count). The van der Waals surface area contributed by atoms with E-state index in [2.05, 4.69) is 24.0 Å². The lowest BCUT2D eigenvalue weighted by Crippen LogP contribution is -2.16. The van der Waals surface area contributed by atoms with E-state index in [0.29, 0.717) is 24.2 Å². The summed E-state index contributed by atoms with van der Waals surface area (Å²) in [5.74, 6) is 3.68. The first-order valence-electron chi connectivity index (χ1n) is 5.28. The fourth-order valence-electron chi connectivity index (χ4n) is 1.11. The van der Waals surface area contributed by atoms with Crippen LogP contribution in [0.3, 0.4) is 0 Å². The molecule has 0 aliphatic heterocycles. The number of rotatable bonds is 7. The van der Waals surface area contributed by atoms with E-state index >= 15 is 0 Å². The Morgan fingerprint density at radius 3 is 2.88 bits per heavy atom. The predicted octanol–water partition coefficient (Wildman–Crippen LogP) is 1.61. The van der Waals surface area contributed by atoms with E-state index in [1.165, 1.54) is 0 Å². The molecular formula is C10H19N3O2S. The summed E-state index contributed by atoms with van der Waals surface area (Å²) in [4.78, 5) is 4.22. The van der Waals surface area contributed by atoms with Crippen LogP contribution in [-0.4, -0.2) is 29.6 Å². The second-order valence-corrected chi connectivity index (χ2v) is 5.05. The first kappa shape index (κ1) is 13.5. The lowest BCUT2D eigenvalue weighted by atomic mass is 10.3. The zero-order chi connectivity index (χ0) is 12.0. The van der Waals surface area contributed by atoms with E-state index in [1.54, 1.807) is 18.9 Å². The van der Waals surface area contributed by atoms with Gasteiger partial charge in [-0.2, -0.15) is 16.7 Å². The Bertz CT molecular complexity index is 304. The van der Waals surface area contributed by atoms with Gasteiger partial charge in [0.2, 0.25) is 5.89 Å². The molecule has 1 atom stereocenters. The molecule has 2 N–H and O–H groups in total. The van der Waals surface area contributed by atoms with Crippen molar-refractivity contribution in [2.45, 2.75) is 25.6 Å². The second kappa shape index (κ2) is 6.88. The van der Waals surface area contributed by atoms with Crippen LogP contribution in [0.5, 0.6) is 0 Å². The first-order chi connectivity index (χ1) is 7.63. The van der Waals surface area contributed by atoms with Gasteiger partial charge in [-0.05, 0) is 11.7 Å². The highest BCUT2D eigenvalue weighted by Crippen LogP contribution is 2.15. The minimum Gasteiger partial charge on any atom is -0.383 e. The topological polar surface area (TPSA) is 74.2 Å². The maximum Gasteiger partial charge on any atom is 0.245 e. The van der Waals surface area contributed by atoms with Crippen LogP contribution in [0.1, 0.15) is 31.6 Å². The molecule has 0 radical (unpaired) electrons. The van der Waals surface area contributed by atoms with Gasteiger partial charge in [0.25, 0.3) is 0 Å². The summed E-state index contributed by atoms with van der Waals surface area (Å²) >= 11 is 1.80. The van der Waals surface area contributed by atoms with Crippen LogP contribution < -0.4 is 5.73 Å². The Morgan fingerprint density at radius 2 is 2.25 bits per heavy atom. The van der Waals surface area contributed by atoms with Crippen molar-refractivity contribution in [1.82, 2.24) is 10.1 Å². The highest BCUT2D eigenvalue weighted by atomic mass is 32.2. The average Bonchev–Trinajstić information content (AvgIpc) is 2.66. The maximum absolute atomic E-state index is 5.77. The molecule has 0 saturated heterocycles. The van der Waals surface area contributed by atoms with E-state index < -0.39 is 0 Å². The van der Waals surface area contributed by atoms with Crippen molar-refractivity contribution in [3.05, 3.63) is 11.7 Å². The number of nitrogens with two attached hydrogens (primary N) is 1. The fraction of sp³-hybridized carbons (Fsp3) is 0.800. The number of methoxy groups -OCH3 is 1. The van der Waals surface area contributed by atoms with Crippen molar-refractivity contribution in [3.63, 3.8) is 0 Å². The lowest BCUT2D eigenvalue weighted by Gasteiger charge is -2.03. The van der Waals surface area contributed by atoms with Gasteiger partial charge in [0.05, 0.1) is 12.4 Å². The molecule has 0 bridgehead atoms. The molecule has 16 heavy (non-hydrogen) atoms. The van der Waals surface area contributed by atoms with Crippen molar-refractivity contribution in [3.8, 4) is 0 Å². The molecule has 6 heteroatoms. The van der Waals surface area contributed by atoms with Crippen molar-refractivity contribution < 1.29 is 9.26 Å². The lowest BCUT2D eigenvalue weighted by molar-refractivity contribution is 0.166. The smallest absolute Gasteiger partial charge is 0.245 e. The van der Waals surface area contributed by atoms with E-state index in [0.717, 1.165) is 11.5 Å². The van der Waals surface area contributed by atoms with Gasteiger partial charge in [-0.25, -0.2) is 0 Å². The SMILES string of the molecule is COCC(N)c1nc(CSCC(C)C)no1. The van der Waals surface area contributed by atoms with E-state index in [9.17, 15) is 0 Å². The summed E-state index contributed by atoms with van der Waals surface area (Å²) in [6.07, 6.45) is 0. The number of nitrogens with zero attached hydrogens (tertiary/aromatic N) is 2. The van der Waals surface area contributed by atoms with Gasteiger partial charge in [-0.15, -0.1) is 0 Å². The van der Waals surface area contributed by atoms with Gasteiger partial charge in [-0.3, -0.25) is 0 Å². The maximum atomic E-state index is 5.77. The molecule has 92 valence electrons. The molecule has 0 fully saturated rings. The fourth-order valence-corrected chi connectivity index (χ4v) is 2.00. The summed E-state index contributed by atoms with van der Waals surface area (Å²) in [6, 6.07) is -0.332. The standard InChI is InChI=1S/C10H19N3O2S/c1-7(2)5-16-6-9-12-10(15-13-9)8(11)4-14-3/h7-8H,4-6,11H2,1-3H3. The molecular weight excluding hydrogens is 226 g/mol. The molecule has 1 aromatic rings. The van der Waals surface area contributed by atoms with Gasteiger partial charge in [0, 0.05) is 7.11 Å². The molecule has 1 heterocycles. The van der Waals surface area contributed by atoms with Crippen molar-refractivity contribution >= 4 is 11.8 Å². The van der Waals surface area contributed by atoms with Gasteiger partial charge < -0.3 is 15.0 Å². The van der Waals surface area contributed by atoms with E-state index in [1.807, 2.05) is 0 Å². The average molecular weight is 245 g/mol. The van der Waals surface area contributed by atoms with Crippen LogP contribution in [0.15, 0.2) is 4.52 Å². The molecule has 0 aromatic carbocycles. The van der Waals surface area contributed by atoms with Gasteiger partial charge in [0.1, 0.15) is 6.04 Å². The summed E-state index contributed by atoms with van der Waals surface area (Å²) < 4.78 is 9.98. The van der Waals surface area contributed by atoms with Gasteiger partial charge in [0.15, 0.2) is 5.82 Å². The highest BCUT2D eigenvalue weighted by molar-refractivity contribution is 7.98. The Labute approximate surface area is 100 Å². The summed E-state index contributed by atoms with van der Waals surface area (Å²) in [7, 11) is 1.59. The number of aromatic nitrogens is 2. The number of thioether (sulfide) groups is 1. The summed E-state index contributed by atoms with van der Waals surface area (Å²) in [5, 5.41) is 3.87. The van der Waals surface area contributed by atoms with Crippen LogP contribution in [0, 0.1) is 5.92 Å². The third kappa shape index (κ3) is 4.51. The normalized spacial score (nSPS) is 13.3. The molecule has 5 nitrogen and oxygen atoms in total. The van der Waals surface area contributed by atoms with Crippen LogP contribution in [0.25, 0.3) is 0 Å². The number of hydrogen-bond donors (Lipinski definition) is 1. The van der Waals surface area contributed by atoms with Crippen molar-refractivity contribution in [2.24, 2.45) is 11.7 Å². The minimum atomic E-state index is -0.332. The largest absolute Gasteiger partial charge is 0.383 e. The molecule has 0 amide bonds. The third-order valence-corrected chi connectivity index (χ3v) is 3.19. The predicted molar refractivity (Wildman–Crippen MR) is 64.1 cm³/mol. The molecule has 1 aromatic heterocycles. The molecule has 0 aliphatic rings. The zero-order valence-electron chi connectivity index (χ0n) is 9.97. The van der Waals surface area contributed by atoms with Gasteiger partial charge in [-0.1, -0.05) is 19.0 Å². The molecule has 0 saturated carbocycles. The molecule has 0 spiro atoms. The molecule has 0 aliphatic carbocycles. The quantitative estimate of drug-likeness (QED) is 0.786. The number of ether oxygens (including phenoxy) is 1. The van der Waals surface area contributed by atoms with Crippen LogP contribution >= 0.6 is 11.8 Å². The zero-order valence-corrected chi connectivity index (χ0v) is 10.8.